The van der Waals surface area contributed by atoms with Crippen molar-refractivity contribution in [2.45, 2.75) is 20.8 Å². The Hall–Kier alpha value is -4.27. The van der Waals surface area contributed by atoms with Crippen LogP contribution in [0.3, 0.4) is 0 Å². The maximum atomic E-state index is 6.28. The van der Waals surface area contributed by atoms with Gasteiger partial charge in [0.2, 0.25) is 0 Å². The fourth-order valence-electron chi connectivity index (χ4n) is 5.59. The Balaban J connectivity index is 0.00000289. The number of benzene rings is 4. The predicted octanol–water partition coefficient (Wildman–Crippen LogP) is 8.69. The molecule has 0 bridgehead atoms. The standard InChI is InChI=1S/C35H25N3O.Pt/c1-22-17-23(2)34(24(3)18-22)32-21-38-33-13-5-4-11-29(33)28-15-14-27(20-30(28)35(38)37-32)39-26-10-8-9-25(19-26)31-12-6-7-16-36-31;/h4-18,21H,1-3H3;/q-2;+2. The topological polar surface area (TPSA) is 39.4 Å². The van der Waals surface area contributed by atoms with E-state index in [-0.39, 0.29) is 21.1 Å². The summed E-state index contributed by atoms with van der Waals surface area (Å²) >= 11 is 0. The summed E-state index contributed by atoms with van der Waals surface area (Å²) in [7, 11) is 0. The summed E-state index contributed by atoms with van der Waals surface area (Å²) in [6, 6.07) is 35.5. The molecule has 0 fully saturated rings. The minimum Gasteiger partial charge on any atom is -0.497 e. The summed E-state index contributed by atoms with van der Waals surface area (Å²) in [4.78, 5) is 9.61. The molecule has 7 rings (SSSR count). The van der Waals surface area contributed by atoms with Gasteiger partial charge in [0.25, 0.3) is 0 Å². The second kappa shape index (κ2) is 10.4. The fourth-order valence-corrected chi connectivity index (χ4v) is 5.59. The van der Waals surface area contributed by atoms with Gasteiger partial charge in [-0.15, -0.1) is 29.8 Å². The molecule has 3 heterocycles. The molecule has 0 aliphatic rings. The van der Waals surface area contributed by atoms with Gasteiger partial charge in [0.1, 0.15) is 0 Å². The van der Waals surface area contributed by atoms with Crippen molar-refractivity contribution in [1.82, 2.24) is 14.4 Å². The van der Waals surface area contributed by atoms with Crippen LogP contribution in [0.1, 0.15) is 16.7 Å². The summed E-state index contributed by atoms with van der Waals surface area (Å²) in [5.74, 6) is 1.22. The molecule has 0 amide bonds. The molecule has 40 heavy (non-hydrogen) atoms. The molecule has 0 unspecified atom stereocenters. The minimum atomic E-state index is 0. The second-order valence-electron chi connectivity index (χ2n) is 9.97. The zero-order chi connectivity index (χ0) is 26.5. The fraction of sp³-hybridized carbons (Fsp3) is 0.0857. The smallest absolute Gasteiger partial charge is 0.497 e. The SMILES string of the molecule is Cc1cc(C)c(-c2cn3c4ccccc4c4ccc(Oc5[c-]c(-c6ccccn6)ccc5)[c-]c4c3n2)c(C)c1.[Pt+2]. The van der Waals surface area contributed by atoms with E-state index in [0.29, 0.717) is 11.5 Å². The number of rotatable bonds is 4. The van der Waals surface area contributed by atoms with E-state index in [1.807, 2.05) is 42.5 Å². The number of pyridine rings is 2. The minimum absolute atomic E-state index is 0. The number of hydrogen-bond donors (Lipinski definition) is 0. The second-order valence-corrected chi connectivity index (χ2v) is 9.97. The van der Waals surface area contributed by atoms with E-state index in [2.05, 4.69) is 91.0 Å². The van der Waals surface area contributed by atoms with Crippen molar-refractivity contribution in [2.24, 2.45) is 0 Å². The van der Waals surface area contributed by atoms with Crippen LogP contribution < -0.4 is 4.74 Å². The van der Waals surface area contributed by atoms with Gasteiger partial charge in [-0.2, -0.15) is 0 Å². The number of hydrogen-bond acceptors (Lipinski definition) is 3. The van der Waals surface area contributed by atoms with Crippen molar-refractivity contribution in [2.75, 3.05) is 0 Å². The molecule has 4 aromatic carbocycles. The van der Waals surface area contributed by atoms with Crippen molar-refractivity contribution in [3.63, 3.8) is 0 Å². The van der Waals surface area contributed by atoms with Gasteiger partial charge in [-0.25, -0.2) is 0 Å². The van der Waals surface area contributed by atoms with Crippen LogP contribution >= 0.6 is 0 Å². The quantitative estimate of drug-likeness (QED) is 0.137. The number of para-hydroxylation sites is 1. The predicted molar refractivity (Wildman–Crippen MR) is 157 cm³/mol. The van der Waals surface area contributed by atoms with Crippen LogP contribution in [0.5, 0.6) is 11.5 Å². The van der Waals surface area contributed by atoms with Crippen molar-refractivity contribution in [3.05, 3.63) is 126 Å². The molecule has 3 aromatic heterocycles. The van der Waals surface area contributed by atoms with Crippen LogP contribution in [0.2, 0.25) is 0 Å². The average molecular weight is 699 g/mol. The third kappa shape index (κ3) is 4.49. The first-order valence-electron chi connectivity index (χ1n) is 13.0. The Morgan fingerprint density at radius 2 is 1.50 bits per heavy atom. The van der Waals surface area contributed by atoms with E-state index >= 15 is 0 Å². The molecule has 0 saturated carbocycles. The summed E-state index contributed by atoms with van der Waals surface area (Å²) in [5.41, 5.74) is 9.53. The maximum absolute atomic E-state index is 6.28. The number of imidazole rings is 1. The van der Waals surface area contributed by atoms with Crippen molar-refractivity contribution < 1.29 is 25.8 Å². The molecule has 0 N–H and O–H groups in total. The van der Waals surface area contributed by atoms with E-state index in [0.717, 1.165) is 44.3 Å². The van der Waals surface area contributed by atoms with Crippen LogP contribution in [0.15, 0.2) is 97.3 Å². The number of aryl methyl sites for hydroxylation is 3. The Morgan fingerprint density at radius 3 is 2.30 bits per heavy atom. The normalized spacial score (nSPS) is 11.2. The first-order valence-corrected chi connectivity index (χ1v) is 13.0. The third-order valence-electron chi connectivity index (χ3n) is 7.16. The first kappa shape index (κ1) is 26.0. The van der Waals surface area contributed by atoms with Gasteiger partial charge >= 0.3 is 21.1 Å². The number of aromatic nitrogens is 3. The summed E-state index contributed by atoms with van der Waals surface area (Å²) < 4.78 is 8.46. The zero-order valence-electron chi connectivity index (χ0n) is 22.3. The maximum Gasteiger partial charge on any atom is 2.00 e. The van der Waals surface area contributed by atoms with E-state index in [1.165, 1.54) is 22.3 Å². The van der Waals surface area contributed by atoms with Gasteiger partial charge in [0.05, 0.1) is 11.3 Å². The molecule has 0 saturated heterocycles. The molecule has 5 heteroatoms. The average Bonchev–Trinajstić information content (AvgIpc) is 3.39. The molecule has 0 atom stereocenters. The van der Waals surface area contributed by atoms with E-state index in [4.69, 9.17) is 9.72 Å². The summed E-state index contributed by atoms with van der Waals surface area (Å²) in [6.07, 6.45) is 3.93. The molecule has 0 aliphatic carbocycles. The molecular weight excluding hydrogens is 673 g/mol. The molecule has 4 nitrogen and oxygen atoms in total. The van der Waals surface area contributed by atoms with Crippen LogP contribution in [0.4, 0.5) is 0 Å². The Kier molecular flexibility index (Phi) is 6.73. The first-order chi connectivity index (χ1) is 19.0. The Morgan fingerprint density at radius 1 is 0.725 bits per heavy atom. The number of ether oxygens (including phenoxy) is 1. The van der Waals surface area contributed by atoms with Gasteiger partial charge in [0, 0.05) is 35.0 Å². The molecule has 0 radical (unpaired) electrons. The molecule has 7 aromatic rings. The molecular formula is C35H25N3OPt. The Labute approximate surface area is 247 Å². The van der Waals surface area contributed by atoms with Crippen LogP contribution in [-0.4, -0.2) is 14.4 Å². The van der Waals surface area contributed by atoms with Gasteiger partial charge in [-0.3, -0.25) is 4.98 Å². The van der Waals surface area contributed by atoms with E-state index in [1.54, 1.807) is 6.20 Å². The number of nitrogens with zero attached hydrogens (tertiary/aromatic N) is 3. The van der Waals surface area contributed by atoms with E-state index < -0.39 is 0 Å². The number of fused-ring (bicyclic) bond motifs is 6. The molecule has 0 aliphatic heterocycles. The zero-order valence-corrected chi connectivity index (χ0v) is 24.6. The molecule has 0 spiro atoms. The third-order valence-corrected chi connectivity index (χ3v) is 7.16. The Bertz CT molecular complexity index is 2010. The van der Waals surface area contributed by atoms with Gasteiger partial charge in [0.15, 0.2) is 0 Å². The monoisotopic (exact) mass is 698 g/mol. The van der Waals surface area contributed by atoms with Gasteiger partial charge < -0.3 is 14.1 Å². The van der Waals surface area contributed by atoms with Crippen LogP contribution in [0, 0.1) is 32.9 Å². The largest absolute Gasteiger partial charge is 2.00 e. The van der Waals surface area contributed by atoms with Crippen molar-refractivity contribution in [1.29, 1.82) is 0 Å². The van der Waals surface area contributed by atoms with E-state index in [9.17, 15) is 0 Å². The van der Waals surface area contributed by atoms with Gasteiger partial charge in [-0.1, -0.05) is 77.0 Å². The van der Waals surface area contributed by atoms with Crippen molar-refractivity contribution >= 4 is 27.3 Å². The van der Waals surface area contributed by atoms with Gasteiger partial charge in [-0.05, 0) is 55.1 Å². The van der Waals surface area contributed by atoms with Crippen molar-refractivity contribution in [3.8, 4) is 34.0 Å². The van der Waals surface area contributed by atoms with Crippen LogP contribution in [-0.2, 0) is 21.1 Å². The summed E-state index contributed by atoms with van der Waals surface area (Å²) in [5, 5.41) is 3.15. The molecule has 196 valence electrons. The summed E-state index contributed by atoms with van der Waals surface area (Å²) in [6.45, 7) is 6.45. The van der Waals surface area contributed by atoms with Crippen LogP contribution in [0.25, 0.3) is 49.8 Å².